The van der Waals surface area contributed by atoms with Crippen molar-refractivity contribution in [3.63, 3.8) is 0 Å². The van der Waals surface area contributed by atoms with E-state index in [-0.39, 0.29) is 27.9 Å². The maximum Gasteiger partial charge on any atom is 0.261 e. The van der Waals surface area contributed by atoms with Crippen molar-refractivity contribution in [2.45, 2.75) is 57.4 Å². The lowest BCUT2D eigenvalue weighted by molar-refractivity contribution is 0.0939. The molecule has 1 atom stereocenters. The highest BCUT2D eigenvalue weighted by Crippen LogP contribution is 2.26. The molecular weight excluding hydrogens is 438 g/mol. The Kier molecular flexibility index (Phi) is 7.64. The molecule has 0 aliphatic carbocycles. The number of anilines is 2. The van der Waals surface area contributed by atoms with E-state index < -0.39 is 10.0 Å². The van der Waals surface area contributed by atoms with Crippen molar-refractivity contribution in [3.8, 4) is 0 Å². The molecule has 9 heteroatoms. The largest absolute Gasteiger partial charge is 0.353 e. The molecule has 0 bridgehead atoms. The third-order valence-corrected chi connectivity index (χ3v) is 7.20. The Morgan fingerprint density at radius 2 is 1.82 bits per heavy atom. The summed E-state index contributed by atoms with van der Waals surface area (Å²) >= 11 is 0. The summed E-state index contributed by atoms with van der Waals surface area (Å²) in [6, 6.07) is 8.42. The zero-order valence-corrected chi connectivity index (χ0v) is 20.9. The van der Waals surface area contributed by atoms with Gasteiger partial charge in [0.2, 0.25) is 0 Å². The quantitative estimate of drug-likeness (QED) is 0.571. The smallest absolute Gasteiger partial charge is 0.261 e. The number of hydrogen-bond donors (Lipinski definition) is 3. The summed E-state index contributed by atoms with van der Waals surface area (Å²) in [4.78, 5) is 19.7. The molecule has 1 amide bonds. The SMILES string of the molecule is CC[C@H](C)NC(=O)c1cc(NS(=O)(=O)c2ccc(C(C)(C)C)cc2)cnc1N1CCNCC1. The molecule has 2 aromatic rings. The first kappa shape index (κ1) is 25.0. The van der Waals surface area contributed by atoms with Gasteiger partial charge in [0.05, 0.1) is 22.3 Å². The minimum atomic E-state index is -3.83. The molecule has 3 N–H and O–H groups in total. The lowest BCUT2D eigenvalue weighted by Crippen LogP contribution is -2.45. The Balaban J connectivity index is 1.90. The van der Waals surface area contributed by atoms with Crippen molar-refractivity contribution < 1.29 is 13.2 Å². The van der Waals surface area contributed by atoms with Gasteiger partial charge in [0.25, 0.3) is 15.9 Å². The summed E-state index contributed by atoms with van der Waals surface area (Å²) in [6.45, 7) is 13.2. The van der Waals surface area contributed by atoms with Crippen LogP contribution in [0.4, 0.5) is 11.5 Å². The zero-order valence-electron chi connectivity index (χ0n) is 20.1. The highest BCUT2D eigenvalue weighted by molar-refractivity contribution is 7.92. The van der Waals surface area contributed by atoms with Crippen LogP contribution in [0.25, 0.3) is 0 Å². The van der Waals surface area contributed by atoms with Crippen LogP contribution in [0, 0.1) is 0 Å². The van der Waals surface area contributed by atoms with Crippen molar-refractivity contribution >= 4 is 27.4 Å². The summed E-state index contributed by atoms with van der Waals surface area (Å²) in [6.07, 6.45) is 2.26. The van der Waals surface area contributed by atoms with Gasteiger partial charge in [0.1, 0.15) is 5.82 Å². The van der Waals surface area contributed by atoms with Crippen molar-refractivity contribution in [3.05, 3.63) is 47.7 Å². The van der Waals surface area contributed by atoms with Gasteiger partial charge in [-0.05, 0) is 42.5 Å². The maximum absolute atomic E-state index is 13.0. The average Bonchev–Trinajstić information content (AvgIpc) is 2.78. The second kappa shape index (κ2) is 10.1. The number of sulfonamides is 1. The molecule has 1 aromatic heterocycles. The Hall–Kier alpha value is -2.65. The average molecular weight is 474 g/mol. The number of amides is 1. The number of piperazine rings is 1. The Bertz CT molecular complexity index is 1070. The topological polar surface area (TPSA) is 103 Å². The molecule has 0 unspecified atom stereocenters. The molecule has 1 fully saturated rings. The first-order valence-electron chi connectivity index (χ1n) is 11.4. The van der Waals surface area contributed by atoms with Gasteiger partial charge in [-0.3, -0.25) is 9.52 Å². The van der Waals surface area contributed by atoms with E-state index >= 15 is 0 Å². The molecule has 0 spiro atoms. The van der Waals surface area contributed by atoms with Gasteiger partial charge in [-0.15, -0.1) is 0 Å². The van der Waals surface area contributed by atoms with Crippen LogP contribution in [-0.2, 0) is 15.4 Å². The third kappa shape index (κ3) is 6.23. The van der Waals surface area contributed by atoms with E-state index in [1.54, 1.807) is 18.2 Å². The van der Waals surface area contributed by atoms with Gasteiger partial charge < -0.3 is 15.5 Å². The summed E-state index contributed by atoms with van der Waals surface area (Å²) in [7, 11) is -3.83. The van der Waals surface area contributed by atoms with E-state index in [1.807, 2.05) is 30.9 Å². The fourth-order valence-corrected chi connectivity index (χ4v) is 4.60. The van der Waals surface area contributed by atoms with Gasteiger partial charge in [0, 0.05) is 32.2 Å². The fraction of sp³-hybridized carbons (Fsp3) is 0.500. The van der Waals surface area contributed by atoms with Gasteiger partial charge >= 0.3 is 0 Å². The summed E-state index contributed by atoms with van der Waals surface area (Å²) in [5.74, 6) is 0.302. The first-order chi connectivity index (χ1) is 15.5. The summed E-state index contributed by atoms with van der Waals surface area (Å²) < 4.78 is 28.6. The van der Waals surface area contributed by atoms with Gasteiger partial charge in [-0.2, -0.15) is 0 Å². The number of carbonyl (C=O) groups is 1. The number of rotatable bonds is 7. The number of pyridine rings is 1. The van der Waals surface area contributed by atoms with Gasteiger partial charge in [-0.25, -0.2) is 13.4 Å². The number of nitrogens with one attached hydrogen (secondary N) is 3. The molecule has 1 aliphatic rings. The second-order valence-corrected chi connectivity index (χ2v) is 11.2. The van der Waals surface area contributed by atoms with Crippen LogP contribution in [0.5, 0.6) is 0 Å². The number of benzene rings is 1. The molecule has 8 nitrogen and oxygen atoms in total. The highest BCUT2D eigenvalue weighted by atomic mass is 32.2. The molecule has 180 valence electrons. The van der Waals surface area contributed by atoms with Crippen LogP contribution in [0.2, 0.25) is 0 Å². The Morgan fingerprint density at radius 3 is 2.39 bits per heavy atom. The Labute approximate surface area is 197 Å². The molecule has 1 saturated heterocycles. The summed E-state index contributed by atoms with van der Waals surface area (Å²) in [5.41, 5.74) is 1.59. The predicted molar refractivity (Wildman–Crippen MR) is 132 cm³/mol. The van der Waals surface area contributed by atoms with Crippen molar-refractivity contribution in [2.24, 2.45) is 0 Å². The number of aromatic nitrogens is 1. The van der Waals surface area contributed by atoms with Crippen LogP contribution in [0.1, 0.15) is 57.0 Å². The van der Waals surface area contributed by atoms with Crippen LogP contribution in [0.3, 0.4) is 0 Å². The van der Waals surface area contributed by atoms with E-state index in [4.69, 9.17) is 0 Å². The lowest BCUT2D eigenvalue weighted by atomic mass is 9.87. The van der Waals surface area contributed by atoms with E-state index in [1.165, 1.54) is 6.20 Å². The minimum absolute atomic E-state index is 0.00458. The Morgan fingerprint density at radius 1 is 1.18 bits per heavy atom. The fourth-order valence-electron chi connectivity index (χ4n) is 3.56. The molecule has 2 heterocycles. The molecule has 3 rings (SSSR count). The second-order valence-electron chi connectivity index (χ2n) is 9.49. The number of carbonyl (C=O) groups excluding carboxylic acids is 1. The monoisotopic (exact) mass is 473 g/mol. The predicted octanol–water partition coefficient (Wildman–Crippen LogP) is 3.12. The van der Waals surface area contributed by atoms with Gasteiger partial charge in [-0.1, -0.05) is 39.8 Å². The standard InChI is InChI=1S/C24H35N5O3S/c1-6-17(2)27-23(30)21-15-19(16-26-22(21)29-13-11-25-12-14-29)28-33(31,32)20-9-7-18(8-10-20)24(3,4)5/h7-10,15-17,25,28H,6,11-14H2,1-5H3,(H,27,30)/t17-/m0/s1. The van der Waals surface area contributed by atoms with Crippen molar-refractivity contribution in [2.75, 3.05) is 35.8 Å². The lowest BCUT2D eigenvalue weighted by Gasteiger charge is -2.30. The maximum atomic E-state index is 13.0. The van der Waals surface area contributed by atoms with E-state index in [9.17, 15) is 13.2 Å². The highest BCUT2D eigenvalue weighted by Gasteiger charge is 2.23. The minimum Gasteiger partial charge on any atom is -0.353 e. The molecule has 33 heavy (non-hydrogen) atoms. The van der Waals surface area contributed by atoms with Crippen LogP contribution in [-0.4, -0.2) is 51.5 Å². The number of nitrogens with zero attached hydrogens (tertiary/aromatic N) is 2. The zero-order chi connectivity index (χ0) is 24.2. The third-order valence-electron chi connectivity index (χ3n) is 5.80. The molecule has 0 radical (unpaired) electrons. The van der Waals surface area contributed by atoms with E-state index in [2.05, 4.69) is 41.1 Å². The van der Waals surface area contributed by atoms with Gasteiger partial charge in [0.15, 0.2) is 0 Å². The molecule has 1 aromatic carbocycles. The van der Waals surface area contributed by atoms with Crippen LogP contribution in [0.15, 0.2) is 41.4 Å². The summed E-state index contributed by atoms with van der Waals surface area (Å²) in [5, 5.41) is 6.26. The first-order valence-corrected chi connectivity index (χ1v) is 12.9. The molecular formula is C24H35N5O3S. The molecule has 0 saturated carbocycles. The normalized spacial score (nSPS) is 15.7. The van der Waals surface area contributed by atoms with Crippen molar-refractivity contribution in [1.82, 2.24) is 15.6 Å². The molecule has 1 aliphatic heterocycles. The van der Waals surface area contributed by atoms with Crippen molar-refractivity contribution in [1.29, 1.82) is 0 Å². The number of hydrogen-bond acceptors (Lipinski definition) is 6. The van der Waals surface area contributed by atoms with E-state index in [0.717, 1.165) is 38.2 Å². The van der Waals surface area contributed by atoms with Crippen LogP contribution < -0.4 is 20.3 Å². The van der Waals surface area contributed by atoms with Crippen LogP contribution >= 0.6 is 0 Å². The van der Waals surface area contributed by atoms with E-state index in [0.29, 0.717) is 11.4 Å².